The molecule has 0 radical (unpaired) electrons. The van der Waals surface area contributed by atoms with Gasteiger partial charge in [0, 0.05) is 31.4 Å². The number of hydrogen-bond acceptors (Lipinski definition) is 4. The Hall–Kier alpha value is -0.740. The Morgan fingerprint density at radius 3 is 2.94 bits per heavy atom. The second kappa shape index (κ2) is 5.55. The summed E-state index contributed by atoms with van der Waals surface area (Å²) in [6.07, 6.45) is 3.26. The SMILES string of the molecule is Cc1nc(CC(=O)CC2CCOCC2)cs1. The number of carbonyl (C=O) groups excluding carboxylic acids is 1. The maximum atomic E-state index is 11.8. The molecule has 0 aliphatic carbocycles. The van der Waals surface area contributed by atoms with Crippen LogP contribution in [-0.4, -0.2) is 24.0 Å². The minimum Gasteiger partial charge on any atom is -0.381 e. The Morgan fingerprint density at radius 2 is 2.31 bits per heavy atom. The summed E-state index contributed by atoms with van der Waals surface area (Å²) in [5.74, 6) is 0.846. The minimum absolute atomic E-state index is 0.317. The smallest absolute Gasteiger partial charge is 0.139 e. The van der Waals surface area contributed by atoms with E-state index in [2.05, 4.69) is 4.98 Å². The summed E-state index contributed by atoms with van der Waals surface area (Å²) in [5.41, 5.74) is 0.930. The van der Waals surface area contributed by atoms with E-state index >= 15 is 0 Å². The molecule has 1 fully saturated rings. The van der Waals surface area contributed by atoms with Gasteiger partial charge in [0.15, 0.2) is 0 Å². The molecule has 0 unspecified atom stereocenters. The van der Waals surface area contributed by atoms with E-state index in [4.69, 9.17) is 4.74 Å². The third-order valence-corrected chi connectivity index (χ3v) is 3.72. The van der Waals surface area contributed by atoms with Crippen LogP contribution in [0.1, 0.15) is 30.0 Å². The van der Waals surface area contributed by atoms with Crippen LogP contribution in [0.5, 0.6) is 0 Å². The molecule has 0 N–H and O–H groups in total. The van der Waals surface area contributed by atoms with Gasteiger partial charge in [0.25, 0.3) is 0 Å². The van der Waals surface area contributed by atoms with Crippen molar-refractivity contribution in [2.45, 2.75) is 32.6 Å². The number of nitrogens with zero attached hydrogens (tertiary/aromatic N) is 1. The van der Waals surface area contributed by atoms with Gasteiger partial charge in [-0.05, 0) is 25.7 Å². The van der Waals surface area contributed by atoms with Gasteiger partial charge in [-0.15, -0.1) is 11.3 Å². The Balaban J connectivity index is 1.79. The summed E-state index contributed by atoms with van der Waals surface area (Å²) in [6.45, 7) is 3.60. The number of aryl methyl sites for hydroxylation is 1. The standard InChI is InChI=1S/C12H17NO2S/c1-9-13-11(8-16-9)7-12(14)6-10-2-4-15-5-3-10/h8,10H,2-7H2,1H3. The van der Waals surface area contributed by atoms with Crippen molar-refractivity contribution in [1.82, 2.24) is 4.98 Å². The van der Waals surface area contributed by atoms with Gasteiger partial charge in [-0.3, -0.25) is 4.79 Å². The van der Waals surface area contributed by atoms with Crippen molar-refractivity contribution in [3.63, 3.8) is 0 Å². The third-order valence-electron chi connectivity index (χ3n) is 2.90. The van der Waals surface area contributed by atoms with Gasteiger partial charge < -0.3 is 4.74 Å². The van der Waals surface area contributed by atoms with Crippen molar-refractivity contribution < 1.29 is 9.53 Å². The predicted octanol–water partition coefficient (Wildman–Crippen LogP) is 2.38. The lowest BCUT2D eigenvalue weighted by Gasteiger charge is -2.20. The average Bonchev–Trinajstić information content (AvgIpc) is 2.65. The lowest BCUT2D eigenvalue weighted by molar-refractivity contribution is -0.120. The molecule has 1 aliphatic heterocycles. The summed E-state index contributed by atoms with van der Waals surface area (Å²) in [4.78, 5) is 16.1. The van der Waals surface area contributed by atoms with Crippen LogP contribution in [0.2, 0.25) is 0 Å². The molecule has 16 heavy (non-hydrogen) atoms. The maximum absolute atomic E-state index is 11.8. The van der Waals surface area contributed by atoms with E-state index in [0.29, 0.717) is 24.5 Å². The minimum atomic E-state index is 0.317. The summed E-state index contributed by atoms with van der Waals surface area (Å²) >= 11 is 1.61. The maximum Gasteiger partial charge on any atom is 0.139 e. The van der Waals surface area contributed by atoms with Gasteiger partial charge in [-0.25, -0.2) is 4.98 Å². The highest BCUT2D eigenvalue weighted by atomic mass is 32.1. The van der Waals surface area contributed by atoms with Crippen LogP contribution in [0.15, 0.2) is 5.38 Å². The van der Waals surface area contributed by atoms with Crippen LogP contribution in [-0.2, 0) is 16.0 Å². The molecular weight excluding hydrogens is 222 g/mol. The van der Waals surface area contributed by atoms with Gasteiger partial charge in [-0.1, -0.05) is 0 Å². The van der Waals surface area contributed by atoms with Gasteiger partial charge in [-0.2, -0.15) is 0 Å². The first kappa shape index (κ1) is 11.7. The molecule has 3 nitrogen and oxygen atoms in total. The molecule has 88 valence electrons. The quantitative estimate of drug-likeness (QED) is 0.809. The highest BCUT2D eigenvalue weighted by molar-refractivity contribution is 7.09. The second-order valence-electron chi connectivity index (χ2n) is 4.33. The van der Waals surface area contributed by atoms with Crippen molar-refractivity contribution in [1.29, 1.82) is 0 Å². The van der Waals surface area contributed by atoms with E-state index in [0.717, 1.165) is 36.8 Å². The van der Waals surface area contributed by atoms with Gasteiger partial charge in [0.2, 0.25) is 0 Å². The predicted molar refractivity (Wildman–Crippen MR) is 63.7 cm³/mol. The Labute approximate surface area is 99.8 Å². The van der Waals surface area contributed by atoms with Crippen LogP contribution in [0.4, 0.5) is 0 Å². The number of thiazole rings is 1. The Bertz CT molecular complexity index is 356. The van der Waals surface area contributed by atoms with Crippen LogP contribution in [0.3, 0.4) is 0 Å². The fraction of sp³-hybridized carbons (Fsp3) is 0.667. The summed E-state index contributed by atoms with van der Waals surface area (Å²) in [7, 11) is 0. The first-order valence-corrected chi connectivity index (χ1v) is 6.62. The lowest BCUT2D eigenvalue weighted by Crippen LogP contribution is -2.19. The molecule has 1 saturated heterocycles. The van der Waals surface area contributed by atoms with E-state index in [9.17, 15) is 4.79 Å². The normalized spacial score (nSPS) is 17.6. The second-order valence-corrected chi connectivity index (χ2v) is 5.40. The zero-order valence-electron chi connectivity index (χ0n) is 9.57. The number of aromatic nitrogens is 1. The van der Waals surface area contributed by atoms with E-state index in [1.165, 1.54) is 0 Å². The van der Waals surface area contributed by atoms with Crippen LogP contribution < -0.4 is 0 Å². The first-order chi connectivity index (χ1) is 7.74. The van der Waals surface area contributed by atoms with Crippen LogP contribution in [0, 0.1) is 12.8 Å². The van der Waals surface area contributed by atoms with E-state index < -0.39 is 0 Å². The average molecular weight is 239 g/mol. The largest absolute Gasteiger partial charge is 0.381 e. The molecule has 2 rings (SSSR count). The summed E-state index contributed by atoms with van der Waals surface area (Å²) in [6, 6.07) is 0. The molecule has 0 atom stereocenters. The molecular formula is C12H17NO2S. The number of hydrogen-bond donors (Lipinski definition) is 0. The topological polar surface area (TPSA) is 39.2 Å². The van der Waals surface area contributed by atoms with Crippen molar-refractivity contribution in [2.24, 2.45) is 5.92 Å². The molecule has 0 aromatic carbocycles. The molecule has 1 aromatic heterocycles. The zero-order chi connectivity index (χ0) is 11.4. The molecule has 4 heteroatoms. The number of carbonyl (C=O) groups is 1. The molecule has 1 aromatic rings. The number of rotatable bonds is 4. The first-order valence-electron chi connectivity index (χ1n) is 5.74. The van der Waals surface area contributed by atoms with Gasteiger partial charge in [0.1, 0.15) is 5.78 Å². The molecule has 2 heterocycles. The molecule has 1 aliphatic rings. The van der Waals surface area contributed by atoms with Crippen molar-refractivity contribution in [3.05, 3.63) is 16.1 Å². The number of ketones is 1. The summed E-state index contributed by atoms with van der Waals surface area (Å²) < 4.78 is 5.28. The number of ether oxygens (including phenoxy) is 1. The van der Waals surface area contributed by atoms with Crippen LogP contribution in [0.25, 0.3) is 0 Å². The van der Waals surface area contributed by atoms with Crippen molar-refractivity contribution in [3.8, 4) is 0 Å². The highest BCUT2D eigenvalue weighted by Crippen LogP contribution is 2.19. The zero-order valence-corrected chi connectivity index (χ0v) is 10.4. The fourth-order valence-electron chi connectivity index (χ4n) is 2.04. The fourth-order valence-corrected chi connectivity index (χ4v) is 2.65. The molecule has 0 bridgehead atoms. The molecule has 0 spiro atoms. The van der Waals surface area contributed by atoms with E-state index in [-0.39, 0.29) is 0 Å². The monoisotopic (exact) mass is 239 g/mol. The Morgan fingerprint density at radius 1 is 1.56 bits per heavy atom. The number of Topliss-reactive ketones (excluding diaryl/α,β-unsaturated/α-hetero) is 1. The van der Waals surface area contributed by atoms with E-state index in [1.54, 1.807) is 11.3 Å². The lowest BCUT2D eigenvalue weighted by atomic mass is 9.93. The van der Waals surface area contributed by atoms with Crippen LogP contribution >= 0.6 is 11.3 Å². The van der Waals surface area contributed by atoms with Gasteiger partial charge >= 0.3 is 0 Å². The van der Waals surface area contributed by atoms with Crippen molar-refractivity contribution in [2.75, 3.05) is 13.2 Å². The van der Waals surface area contributed by atoms with Gasteiger partial charge in [0.05, 0.1) is 10.7 Å². The highest BCUT2D eigenvalue weighted by Gasteiger charge is 2.17. The summed E-state index contributed by atoms with van der Waals surface area (Å²) in [5, 5.41) is 3.02. The molecule has 0 amide bonds. The molecule has 0 saturated carbocycles. The van der Waals surface area contributed by atoms with Crippen molar-refractivity contribution >= 4 is 17.1 Å². The third kappa shape index (κ3) is 3.39. The Kier molecular flexibility index (Phi) is 4.07. The van der Waals surface area contributed by atoms with E-state index in [1.807, 2.05) is 12.3 Å².